The minimum absolute atomic E-state index is 0.102. The molecule has 0 aliphatic heterocycles. The summed E-state index contributed by atoms with van der Waals surface area (Å²) in [6.07, 6.45) is 3.92. The van der Waals surface area contributed by atoms with E-state index in [0.717, 1.165) is 36.1 Å². The van der Waals surface area contributed by atoms with Gasteiger partial charge in [0.15, 0.2) is 0 Å². The van der Waals surface area contributed by atoms with Crippen molar-refractivity contribution in [2.75, 3.05) is 11.9 Å². The van der Waals surface area contributed by atoms with Crippen molar-refractivity contribution in [2.24, 2.45) is 0 Å². The average Bonchev–Trinajstić information content (AvgIpc) is 2.93. The Morgan fingerprint density at radius 3 is 2.62 bits per heavy atom. The summed E-state index contributed by atoms with van der Waals surface area (Å²) < 4.78 is 5.18. The topological polar surface area (TPSA) is 75.6 Å². The first kappa shape index (κ1) is 16.5. The van der Waals surface area contributed by atoms with Crippen molar-refractivity contribution in [3.8, 4) is 5.75 Å². The fourth-order valence-corrected chi connectivity index (χ4v) is 4.13. The second-order valence-electron chi connectivity index (χ2n) is 5.64. The molecule has 3 rings (SSSR count). The van der Waals surface area contributed by atoms with Gasteiger partial charge in [-0.05, 0) is 62.4 Å². The third-order valence-corrected chi connectivity index (χ3v) is 5.21. The van der Waals surface area contributed by atoms with Crippen molar-refractivity contribution in [3.63, 3.8) is 0 Å². The molecule has 0 spiro atoms. The number of thiophene rings is 1. The molecule has 0 atom stereocenters. The zero-order chi connectivity index (χ0) is 17.1. The number of benzene rings is 1. The highest BCUT2D eigenvalue weighted by Crippen LogP contribution is 2.38. The fourth-order valence-electron chi connectivity index (χ4n) is 2.86. The molecule has 0 bridgehead atoms. The van der Waals surface area contributed by atoms with E-state index in [0.29, 0.717) is 22.7 Å². The molecule has 1 aliphatic carbocycles. The zero-order valence-corrected chi connectivity index (χ0v) is 14.2. The molecular formula is C18H19NO4S. The Labute approximate surface area is 144 Å². The van der Waals surface area contributed by atoms with E-state index in [-0.39, 0.29) is 17.6 Å². The summed E-state index contributed by atoms with van der Waals surface area (Å²) >= 11 is 1.46. The number of phenols is 1. The number of hydrogen-bond acceptors (Lipinski definition) is 5. The SMILES string of the molecule is CCOC(=O)c1c(NC(=O)c2ccc(O)cc2)sc2c1CCCC2. The van der Waals surface area contributed by atoms with E-state index in [1.54, 1.807) is 19.1 Å². The maximum atomic E-state index is 12.4. The number of carbonyl (C=O) groups is 2. The van der Waals surface area contributed by atoms with Crippen molar-refractivity contribution in [2.45, 2.75) is 32.6 Å². The third kappa shape index (κ3) is 3.28. The van der Waals surface area contributed by atoms with Crippen LogP contribution in [0.3, 0.4) is 0 Å². The number of anilines is 1. The van der Waals surface area contributed by atoms with E-state index in [2.05, 4.69) is 5.32 Å². The number of phenolic OH excluding ortho intramolecular Hbond substituents is 1. The molecule has 1 aromatic heterocycles. The van der Waals surface area contributed by atoms with Gasteiger partial charge >= 0.3 is 5.97 Å². The van der Waals surface area contributed by atoms with E-state index in [1.807, 2.05) is 0 Å². The second kappa shape index (κ2) is 7.05. The molecule has 0 saturated carbocycles. The van der Waals surface area contributed by atoms with Crippen molar-refractivity contribution in [3.05, 3.63) is 45.8 Å². The van der Waals surface area contributed by atoms with Crippen molar-refractivity contribution >= 4 is 28.2 Å². The first-order valence-electron chi connectivity index (χ1n) is 8.02. The van der Waals surface area contributed by atoms with Crippen molar-refractivity contribution < 1.29 is 19.4 Å². The Hall–Kier alpha value is -2.34. The van der Waals surface area contributed by atoms with Gasteiger partial charge in [-0.15, -0.1) is 11.3 Å². The Kier molecular flexibility index (Phi) is 4.85. The summed E-state index contributed by atoms with van der Waals surface area (Å²) in [4.78, 5) is 26.0. The predicted molar refractivity (Wildman–Crippen MR) is 93.0 cm³/mol. The van der Waals surface area contributed by atoms with Crippen LogP contribution in [0.1, 0.15) is 50.9 Å². The number of nitrogens with one attached hydrogen (secondary N) is 1. The van der Waals surface area contributed by atoms with Crippen LogP contribution in [0.2, 0.25) is 0 Å². The van der Waals surface area contributed by atoms with Crippen LogP contribution >= 0.6 is 11.3 Å². The normalized spacial score (nSPS) is 13.2. The molecule has 6 heteroatoms. The predicted octanol–water partition coefficient (Wildman–Crippen LogP) is 3.76. The van der Waals surface area contributed by atoms with Crippen LogP contribution in [-0.2, 0) is 17.6 Å². The fraction of sp³-hybridized carbons (Fsp3) is 0.333. The van der Waals surface area contributed by atoms with Gasteiger partial charge in [-0.25, -0.2) is 4.79 Å². The third-order valence-electron chi connectivity index (χ3n) is 4.01. The van der Waals surface area contributed by atoms with Crippen LogP contribution < -0.4 is 5.32 Å². The molecule has 1 amide bonds. The highest BCUT2D eigenvalue weighted by molar-refractivity contribution is 7.17. The maximum absolute atomic E-state index is 12.4. The first-order chi connectivity index (χ1) is 11.6. The molecule has 0 saturated heterocycles. The first-order valence-corrected chi connectivity index (χ1v) is 8.83. The number of carbonyl (C=O) groups excluding carboxylic acids is 2. The number of fused-ring (bicyclic) bond motifs is 1. The van der Waals surface area contributed by atoms with Gasteiger partial charge in [0.1, 0.15) is 10.8 Å². The lowest BCUT2D eigenvalue weighted by Gasteiger charge is -2.12. The second-order valence-corrected chi connectivity index (χ2v) is 6.74. The summed E-state index contributed by atoms with van der Waals surface area (Å²) in [5.41, 5.74) is 1.95. The zero-order valence-electron chi connectivity index (χ0n) is 13.4. The summed E-state index contributed by atoms with van der Waals surface area (Å²) in [5, 5.41) is 12.7. The number of ether oxygens (including phenoxy) is 1. The van der Waals surface area contributed by atoms with E-state index in [1.165, 1.54) is 23.5 Å². The van der Waals surface area contributed by atoms with Gasteiger partial charge in [0.25, 0.3) is 5.91 Å². The molecule has 0 unspecified atom stereocenters. The minimum atomic E-state index is -0.377. The number of amides is 1. The van der Waals surface area contributed by atoms with Crippen LogP contribution in [0, 0.1) is 0 Å². The molecule has 0 radical (unpaired) electrons. The molecule has 2 N–H and O–H groups in total. The Morgan fingerprint density at radius 2 is 1.92 bits per heavy atom. The van der Waals surface area contributed by atoms with E-state index < -0.39 is 0 Å². The monoisotopic (exact) mass is 345 g/mol. The number of esters is 1. The number of aromatic hydroxyl groups is 1. The standard InChI is InChI=1S/C18H19NO4S/c1-2-23-18(22)15-13-5-3-4-6-14(13)24-17(15)19-16(21)11-7-9-12(20)10-8-11/h7-10,20H,2-6H2,1H3,(H,19,21). The smallest absolute Gasteiger partial charge is 0.341 e. The van der Waals surface area contributed by atoms with E-state index >= 15 is 0 Å². The summed E-state index contributed by atoms with van der Waals surface area (Å²) in [6.45, 7) is 2.07. The van der Waals surface area contributed by atoms with Gasteiger partial charge in [0, 0.05) is 10.4 Å². The number of rotatable bonds is 4. The number of aryl methyl sites for hydroxylation is 1. The summed E-state index contributed by atoms with van der Waals surface area (Å²) in [5.74, 6) is -0.581. The Morgan fingerprint density at radius 1 is 1.21 bits per heavy atom. The number of hydrogen-bond donors (Lipinski definition) is 2. The van der Waals surface area contributed by atoms with Gasteiger partial charge in [0.2, 0.25) is 0 Å². The summed E-state index contributed by atoms with van der Waals surface area (Å²) in [6, 6.07) is 6.01. The highest BCUT2D eigenvalue weighted by atomic mass is 32.1. The molecule has 24 heavy (non-hydrogen) atoms. The molecule has 1 heterocycles. The van der Waals surface area contributed by atoms with Crippen molar-refractivity contribution in [1.82, 2.24) is 0 Å². The van der Waals surface area contributed by atoms with Crippen LogP contribution in [0.25, 0.3) is 0 Å². The Bertz CT molecular complexity index is 764. The van der Waals surface area contributed by atoms with Gasteiger partial charge in [0.05, 0.1) is 12.2 Å². The largest absolute Gasteiger partial charge is 0.508 e. The molecule has 2 aromatic rings. The van der Waals surface area contributed by atoms with Gasteiger partial charge in [-0.1, -0.05) is 0 Å². The lowest BCUT2D eigenvalue weighted by Crippen LogP contribution is -2.15. The van der Waals surface area contributed by atoms with E-state index in [4.69, 9.17) is 4.74 Å². The summed E-state index contributed by atoms with van der Waals surface area (Å²) in [7, 11) is 0. The van der Waals surface area contributed by atoms with Crippen LogP contribution in [-0.4, -0.2) is 23.6 Å². The van der Waals surface area contributed by atoms with Crippen LogP contribution in [0.4, 0.5) is 5.00 Å². The highest BCUT2D eigenvalue weighted by Gasteiger charge is 2.27. The lowest BCUT2D eigenvalue weighted by molar-refractivity contribution is 0.0526. The molecular weight excluding hydrogens is 326 g/mol. The molecule has 1 aromatic carbocycles. The quantitative estimate of drug-likeness (QED) is 0.827. The van der Waals surface area contributed by atoms with Crippen molar-refractivity contribution in [1.29, 1.82) is 0 Å². The van der Waals surface area contributed by atoms with Crippen LogP contribution in [0.15, 0.2) is 24.3 Å². The van der Waals surface area contributed by atoms with Crippen LogP contribution in [0.5, 0.6) is 5.75 Å². The van der Waals surface area contributed by atoms with Gasteiger partial charge in [-0.2, -0.15) is 0 Å². The lowest BCUT2D eigenvalue weighted by atomic mass is 9.95. The van der Waals surface area contributed by atoms with E-state index in [9.17, 15) is 14.7 Å². The van der Waals surface area contributed by atoms with Gasteiger partial charge in [-0.3, -0.25) is 4.79 Å². The molecule has 5 nitrogen and oxygen atoms in total. The average molecular weight is 345 g/mol. The molecule has 0 fully saturated rings. The maximum Gasteiger partial charge on any atom is 0.341 e. The molecule has 126 valence electrons. The molecule has 1 aliphatic rings. The Balaban J connectivity index is 1.91. The van der Waals surface area contributed by atoms with Gasteiger partial charge < -0.3 is 15.2 Å². The minimum Gasteiger partial charge on any atom is -0.508 e.